The predicted octanol–water partition coefficient (Wildman–Crippen LogP) is 6.75. The molecule has 0 radical (unpaired) electrons. The number of hydrogen-bond donors (Lipinski definition) is 2. The summed E-state index contributed by atoms with van der Waals surface area (Å²) in [5.74, 6) is -0.438. The molecule has 198 valence electrons. The molecule has 5 aliphatic rings. The van der Waals surface area contributed by atoms with Gasteiger partial charge in [-0.3, -0.25) is 19.8 Å². The standard InChI is InChI=1S/C34H40N2O2/c1-31(2)9-10-32(3,4)22-14-18-17(13-21(22)31)25-19-15-23-24(34(7,8)12-11-33(23,5)6)16-20(19)26(18)28-27(25)29(37)35-36-30(28)38/h13-16,25-26H,9-12H2,1-8H3,(H,35,37)(H,36,38). The van der Waals surface area contributed by atoms with Gasteiger partial charge in [-0.05, 0) is 91.9 Å². The van der Waals surface area contributed by atoms with Gasteiger partial charge >= 0.3 is 0 Å². The van der Waals surface area contributed by atoms with Gasteiger partial charge in [0.25, 0.3) is 11.1 Å². The summed E-state index contributed by atoms with van der Waals surface area (Å²) in [6, 6.07) is 9.68. The van der Waals surface area contributed by atoms with E-state index in [1.165, 1.54) is 44.5 Å². The summed E-state index contributed by atoms with van der Waals surface area (Å²) in [5, 5.41) is 5.33. The van der Waals surface area contributed by atoms with Crippen LogP contribution in [0.4, 0.5) is 0 Å². The Kier molecular flexibility index (Phi) is 4.45. The Labute approximate surface area is 225 Å². The van der Waals surface area contributed by atoms with E-state index in [4.69, 9.17) is 0 Å². The zero-order chi connectivity index (χ0) is 27.2. The minimum atomic E-state index is -0.219. The van der Waals surface area contributed by atoms with E-state index < -0.39 is 0 Å². The molecule has 3 aromatic rings. The third-order valence-corrected chi connectivity index (χ3v) is 11.0. The van der Waals surface area contributed by atoms with E-state index in [0.29, 0.717) is 11.1 Å². The van der Waals surface area contributed by atoms with Crippen molar-refractivity contribution in [2.24, 2.45) is 0 Å². The minimum Gasteiger partial charge on any atom is -0.268 e. The Balaban J connectivity index is 1.60. The molecule has 0 aliphatic heterocycles. The summed E-state index contributed by atoms with van der Waals surface area (Å²) in [7, 11) is 0. The average molecular weight is 509 g/mol. The van der Waals surface area contributed by atoms with E-state index in [9.17, 15) is 9.59 Å². The smallest absolute Gasteiger partial charge is 0.267 e. The van der Waals surface area contributed by atoms with E-state index in [2.05, 4.69) is 89.9 Å². The van der Waals surface area contributed by atoms with Gasteiger partial charge in [-0.15, -0.1) is 0 Å². The van der Waals surface area contributed by atoms with Gasteiger partial charge in [-0.25, -0.2) is 0 Å². The van der Waals surface area contributed by atoms with Crippen molar-refractivity contribution in [3.63, 3.8) is 0 Å². The second-order valence-corrected chi connectivity index (χ2v) is 15.2. The highest BCUT2D eigenvalue weighted by atomic mass is 16.1. The lowest BCUT2D eigenvalue weighted by Gasteiger charge is -2.48. The fourth-order valence-corrected chi connectivity index (χ4v) is 8.32. The normalized spacial score (nSPS) is 26.0. The van der Waals surface area contributed by atoms with Gasteiger partial charge in [0, 0.05) is 23.0 Å². The molecule has 8 rings (SSSR count). The van der Waals surface area contributed by atoms with E-state index in [1.807, 2.05) is 0 Å². The highest BCUT2D eigenvalue weighted by Crippen LogP contribution is 2.59. The first kappa shape index (κ1) is 24.2. The van der Waals surface area contributed by atoms with Crippen molar-refractivity contribution in [2.75, 3.05) is 0 Å². The molecule has 0 saturated heterocycles. The number of rotatable bonds is 0. The lowest BCUT2D eigenvalue weighted by molar-refractivity contribution is 0.329. The summed E-state index contributed by atoms with van der Waals surface area (Å²) in [4.78, 5) is 26.9. The molecular weight excluding hydrogens is 468 g/mol. The van der Waals surface area contributed by atoms with Gasteiger partial charge in [0.15, 0.2) is 0 Å². The number of fused-ring (bicyclic) bond motifs is 2. The molecule has 1 heterocycles. The molecule has 0 fully saturated rings. The largest absolute Gasteiger partial charge is 0.268 e. The van der Waals surface area contributed by atoms with Crippen LogP contribution in [0.3, 0.4) is 0 Å². The Morgan fingerprint density at radius 1 is 0.500 bits per heavy atom. The number of aromatic amines is 2. The van der Waals surface area contributed by atoms with Crippen LogP contribution in [0.2, 0.25) is 0 Å². The molecule has 2 N–H and O–H groups in total. The Morgan fingerprint density at radius 3 is 0.974 bits per heavy atom. The lowest BCUT2D eigenvalue weighted by atomic mass is 9.55. The van der Waals surface area contributed by atoms with Crippen LogP contribution in [0.25, 0.3) is 0 Å². The van der Waals surface area contributed by atoms with Crippen molar-refractivity contribution in [3.05, 3.63) is 101 Å². The summed E-state index contributed by atoms with van der Waals surface area (Å²) >= 11 is 0. The molecule has 5 aliphatic carbocycles. The minimum absolute atomic E-state index is 0.0741. The van der Waals surface area contributed by atoms with Gasteiger partial charge in [0.1, 0.15) is 0 Å². The molecule has 1 aromatic heterocycles. The highest BCUT2D eigenvalue weighted by molar-refractivity contribution is 5.70. The Hall–Kier alpha value is -2.88. The molecule has 0 amide bonds. The van der Waals surface area contributed by atoms with Gasteiger partial charge in [0.05, 0.1) is 0 Å². The third-order valence-electron chi connectivity index (χ3n) is 11.0. The highest BCUT2D eigenvalue weighted by Gasteiger charge is 2.49. The van der Waals surface area contributed by atoms with Gasteiger partial charge < -0.3 is 0 Å². The van der Waals surface area contributed by atoms with Gasteiger partial charge in [-0.2, -0.15) is 0 Å². The number of H-pyrrole nitrogens is 2. The molecule has 4 heteroatoms. The van der Waals surface area contributed by atoms with E-state index in [1.54, 1.807) is 0 Å². The van der Waals surface area contributed by atoms with Gasteiger partial charge in [0.2, 0.25) is 0 Å². The van der Waals surface area contributed by atoms with Crippen LogP contribution in [0.15, 0.2) is 33.9 Å². The quantitative estimate of drug-likeness (QED) is 0.243. The molecule has 2 bridgehead atoms. The van der Waals surface area contributed by atoms with Crippen molar-refractivity contribution in [1.29, 1.82) is 0 Å². The van der Waals surface area contributed by atoms with Crippen LogP contribution in [0, 0.1) is 0 Å². The molecule has 2 aromatic carbocycles. The topological polar surface area (TPSA) is 65.7 Å². The fourth-order valence-electron chi connectivity index (χ4n) is 8.32. The van der Waals surface area contributed by atoms with Crippen LogP contribution >= 0.6 is 0 Å². The Morgan fingerprint density at radius 2 is 0.737 bits per heavy atom. The monoisotopic (exact) mass is 508 g/mol. The van der Waals surface area contributed by atoms with Crippen LogP contribution < -0.4 is 11.1 Å². The summed E-state index contributed by atoms with van der Waals surface area (Å²) in [5.41, 5.74) is 11.8. The molecule has 0 spiro atoms. The number of nitrogens with one attached hydrogen (secondary N) is 2. The molecule has 4 nitrogen and oxygen atoms in total. The third kappa shape index (κ3) is 2.92. The summed E-state index contributed by atoms with van der Waals surface area (Å²) in [6.45, 7) is 18.8. The van der Waals surface area contributed by atoms with Crippen molar-refractivity contribution in [1.82, 2.24) is 10.2 Å². The number of aromatic nitrogens is 2. The van der Waals surface area contributed by atoms with E-state index in [0.717, 1.165) is 25.7 Å². The van der Waals surface area contributed by atoms with E-state index in [-0.39, 0.29) is 44.6 Å². The molecule has 0 atom stereocenters. The maximum Gasteiger partial charge on any atom is 0.267 e. The first-order chi connectivity index (χ1) is 17.6. The SMILES string of the molecule is CC1(C)CCC(C)(C)c2cc3c(cc21)C1c2cc4c(cc2C3c2c1c(=O)[nH][nH]c2=O)C(C)(C)CCC4(C)C. The number of benzene rings is 2. The molecular formula is C34H40N2O2. The second-order valence-electron chi connectivity index (χ2n) is 15.2. The average Bonchev–Trinajstić information content (AvgIpc) is 2.85. The van der Waals surface area contributed by atoms with E-state index >= 15 is 0 Å². The summed E-state index contributed by atoms with van der Waals surface area (Å²) < 4.78 is 0. The van der Waals surface area contributed by atoms with Crippen LogP contribution in [-0.2, 0) is 21.7 Å². The zero-order valence-corrected chi connectivity index (χ0v) is 24.1. The zero-order valence-electron chi connectivity index (χ0n) is 24.1. The van der Waals surface area contributed by atoms with Crippen molar-refractivity contribution < 1.29 is 0 Å². The fraction of sp³-hybridized carbons (Fsp3) is 0.529. The first-order valence-electron chi connectivity index (χ1n) is 14.4. The van der Waals surface area contributed by atoms with Crippen molar-refractivity contribution in [3.8, 4) is 0 Å². The van der Waals surface area contributed by atoms with Gasteiger partial charge in [-0.1, -0.05) is 79.7 Å². The molecule has 0 unspecified atom stereocenters. The van der Waals surface area contributed by atoms with Crippen molar-refractivity contribution >= 4 is 0 Å². The van der Waals surface area contributed by atoms with Crippen LogP contribution in [0.1, 0.15) is 149 Å². The number of hydrogen-bond acceptors (Lipinski definition) is 2. The summed E-state index contributed by atoms with van der Waals surface area (Å²) in [6.07, 6.45) is 4.57. The van der Waals surface area contributed by atoms with Crippen molar-refractivity contribution in [2.45, 2.75) is 115 Å². The maximum absolute atomic E-state index is 13.4. The predicted molar refractivity (Wildman–Crippen MR) is 153 cm³/mol. The molecule has 0 saturated carbocycles. The lowest BCUT2D eigenvalue weighted by Crippen LogP contribution is -2.42. The maximum atomic E-state index is 13.4. The van der Waals surface area contributed by atoms with Crippen LogP contribution in [-0.4, -0.2) is 10.2 Å². The van der Waals surface area contributed by atoms with Crippen LogP contribution in [0.5, 0.6) is 0 Å². The molecule has 38 heavy (non-hydrogen) atoms. The second kappa shape index (κ2) is 7.00. The Bertz CT molecular complexity index is 1470. The first-order valence-corrected chi connectivity index (χ1v) is 14.4.